The maximum Gasteiger partial charge on any atom is 0.496 e. The Hall–Kier alpha value is -1.17. The summed E-state index contributed by atoms with van der Waals surface area (Å²) in [5, 5.41) is 8.79. The van der Waals surface area contributed by atoms with Gasteiger partial charge in [0.15, 0.2) is 0 Å². The average molecular weight is 261 g/mol. The number of nitrogens with zero attached hydrogens (tertiary/aromatic N) is 1. The Balaban J connectivity index is 2.22. The zero-order valence-corrected chi connectivity index (χ0v) is 11.9. The van der Waals surface area contributed by atoms with Crippen molar-refractivity contribution < 1.29 is 14.4 Å². The molecule has 0 saturated carbocycles. The number of hydrogen-bond donors (Lipinski definition) is 1. The Morgan fingerprint density at radius 3 is 2.42 bits per heavy atom. The molecule has 0 bridgehead atoms. The molecule has 2 rings (SSSR count). The fourth-order valence-electron chi connectivity index (χ4n) is 1.86. The van der Waals surface area contributed by atoms with Crippen molar-refractivity contribution in [1.82, 2.24) is 4.98 Å². The minimum Gasteiger partial charge on any atom is -0.399 e. The monoisotopic (exact) mass is 261 g/mol. The van der Waals surface area contributed by atoms with E-state index in [1.54, 1.807) is 18.5 Å². The molecule has 5 heteroatoms. The van der Waals surface area contributed by atoms with Crippen molar-refractivity contribution in [3.63, 3.8) is 0 Å². The van der Waals surface area contributed by atoms with E-state index in [4.69, 9.17) is 14.4 Å². The third kappa shape index (κ3) is 2.89. The van der Waals surface area contributed by atoms with Crippen molar-refractivity contribution in [2.75, 3.05) is 6.61 Å². The summed E-state index contributed by atoms with van der Waals surface area (Å²) in [6.07, 6.45) is 6.98. The first-order valence-corrected chi connectivity index (χ1v) is 6.44. The lowest BCUT2D eigenvalue weighted by Crippen LogP contribution is -2.41. The first kappa shape index (κ1) is 14.2. The van der Waals surface area contributed by atoms with Crippen molar-refractivity contribution in [2.45, 2.75) is 38.9 Å². The summed E-state index contributed by atoms with van der Waals surface area (Å²) in [5.41, 5.74) is 1.10. The fourth-order valence-corrected chi connectivity index (χ4v) is 1.86. The molecular weight excluding hydrogens is 241 g/mol. The molecule has 1 fully saturated rings. The minimum atomic E-state index is -0.403. The zero-order valence-electron chi connectivity index (χ0n) is 11.9. The normalized spacial score (nSPS) is 21.2. The van der Waals surface area contributed by atoms with Crippen LogP contribution in [0.3, 0.4) is 0 Å². The summed E-state index contributed by atoms with van der Waals surface area (Å²) in [6.45, 7) is 8.11. The van der Waals surface area contributed by atoms with Crippen molar-refractivity contribution in [2.24, 2.45) is 0 Å². The second kappa shape index (κ2) is 5.08. The number of aliphatic hydroxyl groups is 1. The summed E-state index contributed by atoms with van der Waals surface area (Å²) in [7, 11) is -0.403. The van der Waals surface area contributed by atoms with Gasteiger partial charge >= 0.3 is 7.12 Å². The molecule has 1 N–H and O–H groups in total. The van der Waals surface area contributed by atoms with E-state index in [1.165, 1.54) is 0 Å². The van der Waals surface area contributed by atoms with Gasteiger partial charge < -0.3 is 14.4 Å². The molecule has 4 nitrogen and oxygen atoms in total. The lowest BCUT2D eigenvalue weighted by Gasteiger charge is -2.32. The smallest absolute Gasteiger partial charge is 0.399 e. The van der Waals surface area contributed by atoms with E-state index >= 15 is 0 Å². The largest absolute Gasteiger partial charge is 0.496 e. The summed E-state index contributed by atoms with van der Waals surface area (Å²) in [5.74, 6) is 0. The van der Waals surface area contributed by atoms with E-state index in [9.17, 15) is 0 Å². The van der Waals surface area contributed by atoms with Crippen LogP contribution in [0.15, 0.2) is 24.5 Å². The Morgan fingerprint density at radius 2 is 1.84 bits per heavy atom. The molecule has 1 aliphatic heterocycles. The van der Waals surface area contributed by atoms with Crippen molar-refractivity contribution in [1.29, 1.82) is 0 Å². The van der Waals surface area contributed by atoms with E-state index in [-0.39, 0.29) is 17.8 Å². The van der Waals surface area contributed by atoms with Crippen molar-refractivity contribution >= 4 is 18.7 Å². The van der Waals surface area contributed by atoms with Gasteiger partial charge in [0.2, 0.25) is 0 Å². The number of pyridine rings is 1. The highest BCUT2D eigenvalue weighted by molar-refractivity contribution is 6.62. The molecule has 1 saturated heterocycles. The van der Waals surface area contributed by atoms with Gasteiger partial charge in [0.05, 0.1) is 17.8 Å². The molecule has 0 aliphatic carbocycles. The van der Waals surface area contributed by atoms with Crippen LogP contribution in [0.25, 0.3) is 6.08 Å². The van der Waals surface area contributed by atoms with Crippen LogP contribution in [-0.4, -0.2) is 35.0 Å². The van der Waals surface area contributed by atoms with Gasteiger partial charge in [-0.15, -0.1) is 0 Å². The van der Waals surface area contributed by atoms with Gasteiger partial charge in [-0.1, -0.05) is 18.2 Å². The first-order chi connectivity index (χ1) is 8.86. The van der Waals surface area contributed by atoms with Crippen LogP contribution in [0.1, 0.15) is 33.3 Å². The molecule has 19 heavy (non-hydrogen) atoms. The van der Waals surface area contributed by atoms with Gasteiger partial charge in [0.1, 0.15) is 0 Å². The standard InChI is InChI=1S/C14H20BNO3/c1-13(2)14(3,4)19-15(18-13)12-8-11(6-5-7-17)9-16-10-12/h5-6,8-10,17H,7H2,1-4H3. The van der Waals surface area contributed by atoms with Crippen LogP contribution in [-0.2, 0) is 9.31 Å². The molecule has 0 spiro atoms. The van der Waals surface area contributed by atoms with Gasteiger partial charge in [-0.25, -0.2) is 0 Å². The fraction of sp³-hybridized carbons (Fsp3) is 0.500. The van der Waals surface area contributed by atoms with Gasteiger partial charge in [-0.2, -0.15) is 0 Å². The second-order valence-electron chi connectivity index (χ2n) is 5.72. The molecule has 1 aromatic rings. The molecule has 0 amide bonds. The third-order valence-corrected chi connectivity index (χ3v) is 3.72. The van der Waals surface area contributed by atoms with Crippen LogP contribution < -0.4 is 5.46 Å². The molecule has 1 aliphatic rings. The van der Waals surface area contributed by atoms with Crippen molar-refractivity contribution in [3.8, 4) is 0 Å². The van der Waals surface area contributed by atoms with Gasteiger partial charge in [0, 0.05) is 17.9 Å². The summed E-state index contributed by atoms with van der Waals surface area (Å²) >= 11 is 0. The Morgan fingerprint density at radius 1 is 1.21 bits per heavy atom. The predicted octanol–water partition coefficient (Wildman–Crippen LogP) is 1.39. The Bertz CT molecular complexity index is 469. The van der Waals surface area contributed by atoms with Gasteiger partial charge in [-0.3, -0.25) is 4.98 Å². The highest BCUT2D eigenvalue weighted by atomic mass is 16.7. The quantitative estimate of drug-likeness (QED) is 0.835. The molecule has 0 atom stereocenters. The molecule has 0 radical (unpaired) electrons. The van der Waals surface area contributed by atoms with Crippen LogP contribution >= 0.6 is 0 Å². The van der Waals surface area contributed by atoms with Gasteiger partial charge in [-0.05, 0) is 33.3 Å². The summed E-state index contributed by atoms with van der Waals surface area (Å²) < 4.78 is 11.9. The third-order valence-electron chi connectivity index (χ3n) is 3.72. The van der Waals surface area contributed by atoms with E-state index in [0.717, 1.165) is 11.0 Å². The lowest BCUT2D eigenvalue weighted by molar-refractivity contribution is 0.00578. The molecular formula is C14H20BNO3. The molecule has 0 unspecified atom stereocenters. The Kier molecular flexibility index (Phi) is 3.81. The first-order valence-electron chi connectivity index (χ1n) is 6.44. The van der Waals surface area contributed by atoms with E-state index in [1.807, 2.05) is 39.8 Å². The lowest BCUT2D eigenvalue weighted by atomic mass is 9.80. The SMILES string of the molecule is CC1(C)OB(c2cncc(C=CCO)c2)OC1(C)C. The number of aliphatic hydroxyl groups excluding tert-OH is 1. The van der Waals surface area contributed by atoms with Crippen LogP contribution in [0.4, 0.5) is 0 Å². The number of rotatable bonds is 3. The van der Waals surface area contributed by atoms with Gasteiger partial charge in [0.25, 0.3) is 0 Å². The Labute approximate surface area is 114 Å². The number of aromatic nitrogens is 1. The molecule has 0 aromatic carbocycles. The average Bonchev–Trinajstić information content (AvgIpc) is 2.56. The van der Waals surface area contributed by atoms with E-state index in [0.29, 0.717) is 0 Å². The maximum atomic E-state index is 8.79. The zero-order chi connectivity index (χ0) is 14.1. The van der Waals surface area contributed by atoms with Crippen LogP contribution in [0, 0.1) is 0 Å². The van der Waals surface area contributed by atoms with E-state index in [2.05, 4.69) is 4.98 Å². The van der Waals surface area contributed by atoms with Crippen LogP contribution in [0.2, 0.25) is 0 Å². The second-order valence-corrected chi connectivity index (χ2v) is 5.72. The molecule has 1 aromatic heterocycles. The minimum absolute atomic E-state index is 0.0146. The summed E-state index contributed by atoms with van der Waals surface area (Å²) in [4.78, 5) is 4.18. The van der Waals surface area contributed by atoms with Crippen molar-refractivity contribution in [3.05, 3.63) is 30.1 Å². The number of hydrogen-bond acceptors (Lipinski definition) is 4. The van der Waals surface area contributed by atoms with Crippen LogP contribution in [0.5, 0.6) is 0 Å². The van der Waals surface area contributed by atoms with E-state index < -0.39 is 7.12 Å². The highest BCUT2D eigenvalue weighted by Crippen LogP contribution is 2.36. The molecule has 102 valence electrons. The molecule has 2 heterocycles. The highest BCUT2D eigenvalue weighted by Gasteiger charge is 2.51. The summed E-state index contributed by atoms with van der Waals surface area (Å²) in [6, 6.07) is 1.96. The predicted molar refractivity (Wildman–Crippen MR) is 76.1 cm³/mol. The topological polar surface area (TPSA) is 51.6 Å². The maximum absolute atomic E-state index is 8.79.